The van der Waals surface area contributed by atoms with Gasteiger partial charge in [-0.15, -0.1) is 0 Å². The highest BCUT2D eigenvalue weighted by Gasteiger charge is 2.41. The average Bonchev–Trinajstić information content (AvgIpc) is 3.92. The van der Waals surface area contributed by atoms with Crippen molar-refractivity contribution in [3.63, 3.8) is 0 Å². The van der Waals surface area contributed by atoms with E-state index in [1.807, 2.05) is 24.3 Å². The number of hydrogen-bond acceptors (Lipinski definition) is 9. The summed E-state index contributed by atoms with van der Waals surface area (Å²) in [7, 11) is 2.72. The molecule has 0 N–H and O–H groups in total. The van der Waals surface area contributed by atoms with Crippen LogP contribution in [0.15, 0.2) is 61.2 Å². The lowest BCUT2D eigenvalue weighted by Gasteiger charge is -2.34. The van der Waals surface area contributed by atoms with Crippen molar-refractivity contribution in [2.24, 2.45) is 5.92 Å². The van der Waals surface area contributed by atoms with Gasteiger partial charge in [-0.25, -0.2) is 23.6 Å². The Morgan fingerprint density at radius 1 is 0.926 bits per heavy atom. The molecular formula is C42H61FN2O9. The van der Waals surface area contributed by atoms with Gasteiger partial charge in [-0.3, -0.25) is 9.69 Å². The minimum Gasteiger partial charge on any atom is -0.458 e. The van der Waals surface area contributed by atoms with Gasteiger partial charge in [0.05, 0.1) is 0 Å². The number of likely N-dealkylation sites (N-methyl/N-ethyl adjacent to an activating group) is 2. The molecule has 1 fully saturated rings. The van der Waals surface area contributed by atoms with Crippen LogP contribution < -0.4 is 0 Å². The van der Waals surface area contributed by atoms with Crippen molar-refractivity contribution in [2.75, 3.05) is 27.3 Å². The van der Waals surface area contributed by atoms with Crippen LogP contribution in [0.4, 0.5) is 9.18 Å². The smallest absolute Gasteiger partial charge is 0.410 e. The van der Waals surface area contributed by atoms with Gasteiger partial charge in [0.25, 0.3) is 5.91 Å². The Labute approximate surface area is 320 Å². The minimum absolute atomic E-state index is 0.0688. The van der Waals surface area contributed by atoms with Gasteiger partial charge < -0.3 is 23.8 Å². The number of hydrogen-bond donors (Lipinski definition) is 0. The lowest BCUT2D eigenvalue weighted by atomic mass is 9.94. The number of nitrogens with zero attached hydrogens (tertiary/aromatic N) is 2. The summed E-state index contributed by atoms with van der Waals surface area (Å²) in [5.74, 6) is -2.86. The average molecular weight is 757 g/mol. The van der Waals surface area contributed by atoms with E-state index in [0.29, 0.717) is 17.1 Å². The second-order valence-corrected chi connectivity index (χ2v) is 15.7. The number of esters is 3. The van der Waals surface area contributed by atoms with E-state index in [4.69, 9.17) is 18.9 Å². The molecule has 12 heteroatoms. The van der Waals surface area contributed by atoms with Crippen LogP contribution in [-0.4, -0.2) is 96.5 Å². The summed E-state index contributed by atoms with van der Waals surface area (Å²) in [5.41, 5.74) is -0.409. The summed E-state index contributed by atoms with van der Waals surface area (Å²) >= 11 is 0. The fraction of sp³-hybridized carbons (Fsp3) is 0.595. The highest BCUT2D eigenvalue weighted by Crippen LogP contribution is 2.35. The molecule has 1 aliphatic rings. The molecule has 54 heavy (non-hydrogen) atoms. The van der Waals surface area contributed by atoms with Crippen molar-refractivity contribution in [1.82, 2.24) is 9.80 Å². The van der Waals surface area contributed by atoms with Crippen LogP contribution in [0.1, 0.15) is 104 Å². The van der Waals surface area contributed by atoms with E-state index >= 15 is 4.39 Å². The predicted octanol–water partition coefficient (Wildman–Crippen LogP) is 7.43. The second kappa shape index (κ2) is 20.8. The number of amides is 2. The molecule has 1 aliphatic carbocycles. The van der Waals surface area contributed by atoms with Crippen LogP contribution in [0.3, 0.4) is 0 Å². The largest absolute Gasteiger partial charge is 0.458 e. The number of allylic oxidation sites excluding steroid dienone is 2. The lowest BCUT2D eigenvalue weighted by Crippen LogP contribution is -2.52. The molecule has 0 bridgehead atoms. The topological polar surface area (TPSA) is 129 Å². The van der Waals surface area contributed by atoms with Gasteiger partial charge in [0, 0.05) is 26.9 Å². The van der Waals surface area contributed by atoms with Crippen molar-refractivity contribution in [3.8, 4) is 0 Å². The van der Waals surface area contributed by atoms with Gasteiger partial charge in [-0.1, -0.05) is 88.8 Å². The summed E-state index contributed by atoms with van der Waals surface area (Å²) in [4.78, 5) is 69.4. The van der Waals surface area contributed by atoms with Crippen LogP contribution >= 0.6 is 0 Å². The Balaban J connectivity index is 2.42. The van der Waals surface area contributed by atoms with Crippen molar-refractivity contribution in [3.05, 3.63) is 72.4 Å². The van der Waals surface area contributed by atoms with E-state index in [1.165, 1.54) is 45.0 Å². The molecule has 0 aliphatic heterocycles. The quantitative estimate of drug-likeness (QED) is 0.0715. The van der Waals surface area contributed by atoms with Crippen molar-refractivity contribution in [2.45, 2.75) is 129 Å². The van der Waals surface area contributed by atoms with Gasteiger partial charge in [0.1, 0.15) is 30.0 Å². The fourth-order valence-electron chi connectivity index (χ4n) is 5.71. The molecule has 1 unspecified atom stereocenters. The maximum atomic E-state index is 15.1. The summed E-state index contributed by atoms with van der Waals surface area (Å²) in [5, 5.41) is 0. The van der Waals surface area contributed by atoms with Gasteiger partial charge in [-0.2, -0.15) is 0 Å². The number of halogens is 1. The SMILES string of the molecule is C=C/C=C(\C=C)COC(=O)COC(=O)[C@H](CC1CC1)N(C)C(=O)[C@@H](Cc1ccc(C(C)CCC)cc1)OC(=O)[C@H](CC(C)(C)F)N(C)C(=O)OC(C)(C)C. The lowest BCUT2D eigenvalue weighted by molar-refractivity contribution is -0.169. The fourth-order valence-corrected chi connectivity index (χ4v) is 5.71. The molecule has 1 saturated carbocycles. The van der Waals surface area contributed by atoms with E-state index in [9.17, 15) is 24.0 Å². The molecule has 0 saturated heterocycles. The van der Waals surface area contributed by atoms with E-state index in [2.05, 4.69) is 27.0 Å². The monoisotopic (exact) mass is 756 g/mol. The summed E-state index contributed by atoms with van der Waals surface area (Å²) in [6.07, 6.45) is 5.81. The first-order valence-corrected chi connectivity index (χ1v) is 18.7. The summed E-state index contributed by atoms with van der Waals surface area (Å²) in [6.45, 7) is 18.3. The molecule has 1 aromatic carbocycles. The van der Waals surface area contributed by atoms with Crippen molar-refractivity contribution in [1.29, 1.82) is 0 Å². The zero-order valence-electron chi connectivity index (χ0n) is 33.7. The molecule has 300 valence electrons. The maximum Gasteiger partial charge on any atom is 0.410 e. The van der Waals surface area contributed by atoms with Crippen LogP contribution in [0, 0.1) is 5.92 Å². The van der Waals surface area contributed by atoms with Crippen LogP contribution in [0.2, 0.25) is 0 Å². The number of carbonyl (C=O) groups is 5. The van der Waals surface area contributed by atoms with Gasteiger partial charge in [-0.05, 0) is 76.0 Å². The summed E-state index contributed by atoms with van der Waals surface area (Å²) in [6, 6.07) is 5.09. The summed E-state index contributed by atoms with van der Waals surface area (Å²) < 4.78 is 37.0. The minimum atomic E-state index is -1.91. The number of alkyl halides is 1. The molecule has 1 aromatic rings. The third kappa shape index (κ3) is 15.9. The molecule has 4 atom stereocenters. The Hall–Kier alpha value is -4.48. The molecular weight excluding hydrogens is 695 g/mol. The Morgan fingerprint density at radius 3 is 2.07 bits per heavy atom. The van der Waals surface area contributed by atoms with E-state index in [-0.39, 0.29) is 25.4 Å². The number of rotatable bonds is 21. The van der Waals surface area contributed by atoms with Gasteiger partial charge in [0.2, 0.25) is 0 Å². The number of ether oxygens (including phenoxy) is 4. The van der Waals surface area contributed by atoms with Crippen LogP contribution in [-0.2, 0) is 44.5 Å². The first-order chi connectivity index (χ1) is 25.2. The van der Waals surface area contributed by atoms with E-state index < -0.39 is 72.4 Å². The Morgan fingerprint density at radius 2 is 1.56 bits per heavy atom. The van der Waals surface area contributed by atoms with E-state index in [0.717, 1.165) is 36.1 Å². The van der Waals surface area contributed by atoms with Crippen LogP contribution in [0.5, 0.6) is 0 Å². The van der Waals surface area contributed by atoms with E-state index in [1.54, 1.807) is 26.8 Å². The van der Waals surface area contributed by atoms with Crippen molar-refractivity contribution < 1.29 is 47.3 Å². The van der Waals surface area contributed by atoms with Crippen LogP contribution in [0.25, 0.3) is 0 Å². The third-order valence-electron chi connectivity index (χ3n) is 8.99. The molecule has 0 aromatic heterocycles. The normalized spacial score (nSPS) is 15.5. The molecule has 2 amide bonds. The van der Waals surface area contributed by atoms with Gasteiger partial charge in [0.15, 0.2) is 12.7 Å². The Bertz CT molecular complexity index is 1490. The molecule has 0 radical (unpaired) electrons. The third-order valence-corrected chi connectivity index (χ3v) is 8.99. The molecule has 2 rings (SSSR count). The highest BCUT2D eigenvalue weighted by molar-refractivity contribution is 5.90. The first kappa shape index (κ1) is 45.7. The molecule has 0 spiro atoms. The van der Waals surface area contributed by atoms with Crippen molar-refractivity contribution >= 4 is 29.9 Å². The standard InChI is InChI=1S/C42H61FN2O9/c1-12-15-28(4)32-21-19-31(20-22-32)24-35(53-39(49)34(25-42(8,9)43)45(11)40(50)54-41(5,6)7)37(47)44(10)33(23-30-17-18-30)38(48)52-27-36(46)51-26-29(14-3)16-13-2/h13-14,16,19-22,28,30,33-35H,2-3,12,15,17-18,23-27H2,1,4-11H3/b29-16+/t28?,33-,34-,35+/m0/s1. The first-order valence-electron chi connectivity index (χ1n) is 18.7. The van der Waals surface area contributed by atoms with Gasteiger partial charge >= 0.3 is 24.0 Å². The zero-order valence-corrected chi connectivity index (χ0v) is 33.7. The maximum absolute atomic E-state index is 15.1. The molecule has 11 nitrogen and oxygen atoms in total. The highest BCUT2D eigenvalue weighted by atomic mass is 19.1. The Kier molecular flexibility index (Phi) is 17.6. The number of carbonyl (C=O) groups excluding carboxylic acids is 5. The predicted molar refractivity (Wildman–Crippen MR) is 205 cm³/mol. The number of benzene rings is 1. The second-order valence-electron chi connectivity index (χ2n) is 15.7. The zero-order chi connectivity index (χ0) is 40.8. The molecule has 0 heterocycles.